The normalized spacial score (nSPS) is 37.5. The van der Waals surface area contributed by atoms with E-state index in [0.717, 1.165) is 41.1 Å². The zero-order valence-electron chi connectivity index (χ0n) is 20.6. The van der Waals surface area contributed by atoms with Gasteiger partial charge in [-0.2, -0.15) is 0 Å². The SMILES string of the molecule is COC(=O)[C@@H]1C(C)[C@@H](F)CN1C(=O)c1cc(C2CC2)c(OCC23CC4CC(CC(C4)C2)C3)cc1F. The summed E-state index contributed by atoms with van der Waals surface area (Å²) in [5.41, 5.74) is 0.943. The summed E-state index contributed by atoms with van der Waals surface area (Å²) in [5.74, 6) is 0.497. The number of carbonyl (C=O) groups excluding carboxylic acids is 2. The summed E-state index contributed by atoms with van der Waals surface area (Å²) in [5, 5.41) is 0. The third-order valence-electron chi connectivity index (χ3n) is 9.52. The molecule has 0 aromatic heterocycles. The van der Waals surface area contributed by atoms with Gasteiger partial charge in [0.1, 0.15) is 23.8 Å². The summed E-state index contributed by atoms with van der Waals surface area (Å²) in [6.07, 6.45) is 8.31. The number of halogens is 2. The second-order valence-electron chi connectivity index (χ2n) is 12.2. The van der Waals surface area contributed by atoms with Crippen molar-refractivity contribution in [3.8, 4) is 5.75 Å². The topological polar surface area (TPSA) is 55.8 Å². The minimum Gasteiger partial charge on any atom is -0.493 e. The van der Waals surface area contributed by atoms with Crippen molar-refractivity contribution in [3.05, 3.63) is 29.1 Å². The van der Waals surface area contributed by atoms with E-state index in [1.54, 1.807) is 13.0 Å². The van der Waals surface area contributed by atoms with Crippen molar-refractivity contribution in [2.24, 2.45) is 29.1 Å². The van der Waals surface area contributed by atoms with Crippen LogP contribution >= 0.6 is 0 Å². The van der Waals surface area contributed by atoms with Crippen LogP contribution in [0.1, 0.15) is 80.1 Å². The fourth-order valence-corrected chi connectivity index (χ4v) is 8.05. The van der Waals surface area contributed by atoms with E-state index in [0.29, 0.717) is 12.4 Å². The van der Waals surface area contributed by atoms with Crippen LogP contribution in [0, 0.1) is 34.9 Å². The van der Waals surface area contributed by atoms with Crippen LogP contribution < -0.4 is 4.74 Å². The lowest BCUT2D eigenvalue weighted by Gasteiger charge is -2.56. The first-order valence-electron chi connectivity index (χ1n) is 13.3. The number of amides is 1. The molecule has 1 heterocycles. The maximum atomic E-state index is 15.4. The van der Waals surface area contributed by atoms with Crippen LogP contribution in [0.25, 0.3) is 0 Å². The number of benzene rings is 1. The van der Waals surface area contributed by atoms with Crippen LogP contribution in [0.15, 0.2) is 12.1 Å². The molecule has 0 N–H and O–H groups in total. The molecule has 35 heavy (non-hydrogen) atoms. The summed E-state index contributed by atoms with van der Waals surface area (Å²) < 4.78 is 41.0. The van der Waals surface area contributed by atoms with Gasteiger partial charge in [0.05, 0.1) is 25.8 Å². The van der Waals surface area contributed by atoms with Crippen LogP contribution in [0.2, 0.25) is 0 Å². The average molecular weight is 488 g/mol. The number of nitrogens with zero attached hydrogens (tertiary/aromatic N) is 1. The van der Waals surface area contributed by atoms with Gasteiger partial charge in [0.15, 0.2) is 0 Å². The third-order valence-corrected chi connectivity index (χ3v) is 9.52. The van der Waals surface area contributed by atoms with E-state index >= 15 is 4.39 Å². The standard InChI is InChI=1S/C28H35F2NO4/c1-15-23(30)13-31(25(15)27(33)34-2)26(32)21-8-20(19-3-4-19)24(9-22(21)29)35-14-28-10-16-5-17(11-28)7-18(6-16)12-28/h8-9,15-19,23,25H,3-7,10-14H2,1-2H3/t15?,16?,17?,18?,23-,25-,28?/m0/s1. The molecule has 6 fully saturated rings. The Bertz CT molecular complexity index is 1000. The van der Waals surface area contributed by atoms with E-state index in [-0.39, 0.29) is 23.4 Å². The largest absolute Gasteiger partial charge is 0.493 e. The van der Waals surface area contributed by atoms with Crippen LogP contribution in [0.5, 0.6) is 5.75 Å². The Balaban J connectivity index is 1.25. The molecule has 0 radical (unpaired) electrons. The number of ether oxygens (including phenoxy) is 2. The van der Waals surface area contributed by atoms with Crippen LogP contribution in [0.4, 0.5) is 8.78 Å². The molecule has 5 nitrogen and oxygen atoms in total. The maximum Gasteiger partial charge on any atom is 0.328 e. The molecule has 5 saturated carbocycles. The van der Waals surface area contributed by atoms with Crippen molar-refractivity contribution in [3.63, 3.8) is 0 Å². The van der Waals surface area contributed by atoms with Crippen LogP contribution in [-0.4, -0.2) is 49.3 Å². The molecule has 3 atom stereocenters. The summed E-state index contributed by atoms with van der Waals surface area (Å²) >= 11 is 0. The van der Waals surface area contributed by atoms with Crippen molar-refractivity contribution < 1.29 is 27.8 Å². The molecule has 1 amide bonds. The molecule has 6 aliphatic rings. The highest BCUT2D eigenvalue weighted by Gasteiger charge is 2.51. The van der Waals surface area contributed by atoms with E-state index in [4.69, 9.17) is 9.47 Å². The van der Waals surface area contributed by atoms with Crippen molar-refractivity contribution in [2.45, 2.75) is 76.4 Å². The number of methoxy groups -OCH3 is 1. The van der Waals surface area contributed by atoms with Crippen molar-refractivity contribution in [1.29, 1.82) is 0 Å². The average Bonchev–Trinajstić information content (AvgIpc) is 3.61. The lowest BCUT2D eigenvalue weighted by Crippen LogP contribution is -2.48. The van der Waals surface area contributed by atoms with E-state index in [1.807, 2.05) is 0 Å². The number of hydrogen-bond acceptors (Lipinski definition) is 4. The minimum atomic E-state index is -1.36. The van der Waals surface area contributed by atoms with Gasteiger partial charge < -0.3 is 14.4 Å². The summed E-state index contributed by atoms with van der Waals surface area (Å²) in [4.78, 5) is 26.8. The maximum absolute atomic E-state index is 15.4. The van der Waals surface area contributed by atoms with Crippen molar-refractivity contribution in [2.75, 3.05) is 20.3 Å². The Morgan fingerprint density at radius 1 is 1.09 bits per heavy atom. The predicted molar refractivity (Wildman–Crippen MR) is 125 cm³/mol. The Morgan fingerprint density at radius 2 is 1.71 bits per heavy atom. The van der Waals surface area contributed by atoms with Gasteiger partial charge in [-0.3, -0.25) is 4.79 Å². The number of esters is 1. The zero-order valence-corrected chi connectivity index (χ0v) is 20.6. The molecule has 5 aliphatic carbocycles. The zero-order chi connectivity index (χ0) is 24.5. The predicted octanol–water partition coefficient (Wildman–Crippen LogP) is 5.27. The molecular formula is C28H35F2NO4. The summed E-state index contributed by atoms with van der Waals surface area (Å²) in [6, 6.07) is 1.88. The molecule has 1 unspecified atom stereocenters. The highest BCUT2D eigenvalue weighted by atomic mass is 19.1. The Morgan fingerprint density at radius 3 is 2.29 bits per heavy atom. The van der Waals surface area contributed by atoms with E-state index in [1.165, 1.54) is 51.7 Å². The molecule has 1 aromatic carbocycles. The summed E-state index contributed by atoms with van der Waals surface area (Å²) in [7, 11) is 1.21. The van der Waals surface area contributed by atoms with E-state index in [9.17, 15) is 14.0 Å². The number of likely N-dealkylation sites (tertiary alicyclic amines) is 1. The molecular weight excluding hydrogens is 452 g/mol. The number of alkyl halides is 1. The first-order valence-corrected chi connectivity index (χ1v) is 13.3. The third kappa shape index (κ3) is 4.03. The molecule has 7 heteroatoms. The lowest BCUT2D eigenvalue weighted by atomic mass is 9.50. The van der Waals surface area contributed by atoms with Gasteiger partial charge in [-0.05, 0) is 86.7 Å². The van der Waals surface area contributed by atoms with Gasteiger partial charge in [0.2, 0.25) is 0 Å². The fourth-order valence-electron chi connectivity index (χ4n) is 8.05. The molecule has 7 rings (SSSR count). The lowest BCUT2D eigenvalue weighted by molar-refractivity contribution is -0.146. The van der Waals surface area contributed by atoms with Gasteiger partial charge in [0.25, 0.3) is 5.91 Å². The number of carbonyl (C=O) groups is 2. The second kappa shape index (κ2) is 8.45. The smallest absolute Gasteiger partial charge is 0.328 e. The van der Waals surface area contributed by atoms with Gasteiger partial charge in [-0.1, -0.05) is 6.92 Å². The number of hydrogen-bond donors (Lipinski definition) is 0. The quantitative estimate of drug-likeness (QED) is 0.513. The molecule has 0 spiro atoms. The highest BCUT2D eigenvalue weighted by Crippen LogP contribution is 2.60. The second-order valence-corrected chi connectivity index (χ2v) is 12.2. The first kappa shape index (κ1) is 23.2. The van der Waals surface area contributed by atoms with Crippen LogP contribution in [0.3, 0.4) is 0 Å². The van der Waals surface area contributed by atoms with Gasteiger partial charge in [-0.25, -0.2) is 13.6 Å². The van der Waals surface area contributed by atoms with Gasteiger partial charge in [-0.15, -0.1) is 0 Å². The molecule has 1 saturated heterocycles. The summed E-state index contributed by atoms with van der Waals surface area (Å²) in [6.45, 7) is 1.94. The van der Waals surface area contributed by atoms with Gasteiger partial charge in [0, 0.05) is 17.4 Å². The molecule has 190 valence electrons. The van der Waals surface area contributed by atoms with Crippen LogP contribution in [-0.2, 0) is 9.53 Å². The first-order chi connectivity index (χ1) is 16.8. The van der Waals surface area contributed by atoms with Crippen molar-refractivity contribution >= 4 is 11.9 Å². The Labute approximate surface area is 205 Å². The minimum absolute atomic E-state index is 0.121. The fraction of sp³-hybridized carbons (Fsp3) is 0.714. The van der Waals surface area contributed by atoms with Crippen molar-refractivity contribution in [1.82, 2.24) is 4.90 Å². The molecule has 1 aromatic rings. The Kier molecular flexibility index (Phi) is 5.61. The highest BCUT2D eigenvalue weighted by molar-refractivity contribution is 5.98. The monoisotopic (exact) mass is 487 g/mol. The Hall–Kier alpha value is -2.18. The number of rotatable bonds is 6. The van der Waals surface area contributed by atoms with E-state index < -0.39 is 35.8 Å². The van der Waals surface area contributed by atoms with E-state index in [2.05, 4.69) is 0 Å². The molecule has 4 bridgehead atoms. The van der Waals surface area contributed by atoms with Gasteiger partial charge >= 0.3 is 5.97 Å². The molecule has 1 aliphatic heterocycles.